The van der Waals surface area contributed by atoms with Crippen LogP contribution in [0.15, 0.2) is 72.9 Å². The van der Waals surface area contributed by atoms with Crippen LogP contribution in [0.25, 0.3) is 33.3 Å². The summed E-state index contributed by atoms with van der Waals surface area (Å²) >= 11 is 0. The highest BCUT2D eigenvalue weighted by Crippen LogP contribution is 2.35. The topological polar surface area (TPSA) is 98.4 Å². The van der Waals surface area contributed by atoms with Crippen LogP contribution < -0.4 is 15.6 Å². The van der Waals surface area contributed by atoms with Crippen molar-refractivity contribution in [2.24, 2.45) is 0 Å². The first kappa shape index (κ1) is 20.9. The zero-order valence-corrected chi connectivity index (χ0v) is 17.5. The lowest BCUT2D eigenvalue weighted by molar-refractivity contribution is -0.386. The molecule has 2 aromatic carbocycles. The van der Waals surface area contributed by atoms with Crippen molar-refractivity contribution in [3.8, 4) is 22.4 Å². The maximum atomic E-state index is 9.51. The third kappa shape index (κ3) is 4.41. The number of quaternary nitrogens is 1. The van der Waals surface area contributed by atoms with Crippen LogP contribution in [0.1, 0.15) is 5.56 Å². The molecule has 0 saturated carbocycles. The van der Waals surface area contributed by atoms with E-state index >= 15 is 0 Å². The lowest BCUT2D eigenvalue weighted by atomic mass is 9.97. The van der Waals surface area contributed by atoms with E-state index in [1.165, 1.54) is 5.56 Å². The Bertz CT molecular complexity index is 1140. The molecule has 6 nitrogen and oxygen atoms in total. The first-order valence-electron chi connectivity index (χ1n) is 10.5. The predicted octanol–water partition coefficient (Wildman–Crippen LogP) is 1.92. The number of aromatic nitrogens is 2. The van der Waals surface area contributed by atoms with E-state index in [1.54, 1.807) is 0 Å². The van der Waals surface area contributed by atoms with Crippen LogP contribution in [-0.4, -0.2) is 41.5 Å². The monoisotopic (exact) mass is 416 g/mol. The van der Waals surface area contributed by atoms with Gasteiger partial charge in [0.25, 0.3) is 5.82 Å². The van der Waals surface area contributed by atoms with Crippen LogP contribution in [0.5, 0.6) is 0 Å². The van der Waals surface area contributed by atoms with E-state index in [4.69, 9.17) is 4.98 Å². The fraction of sp³-hybridized carbons (Fsp3) is 0.200. The van der Waals surface area contributed by atoms with Crippen molar-refractivity contribution in [1.29, 1.82) is 0 Å². The van der Waals surface area contributed by atoms with Gasteiger partial charge in [-0.05, 0) is 11.6 Å². The molecule has 0 aliphatic heterocycles. The quantitative estimate of drug-likeness (QED) is 0.409. The summed E-state index contributed by atoms with van der Waals surface area (Å²) in [6, 6.07) is 22.7. The second kappa shape index (κ2) is 9.66. The van der Waals surface area contributed by atoms with Gasteiger partial charge in [-0.2, -0.15) is 0 Å². The number of aromatic amines is 1. The molecule has 6 heteroatoms. The van der Waals surface area contributed by atoms with Gasteiger partial charge < -0.3 is 15.9 Å². The number of fused-ring (bicyclic) bond motifs is 1. The molecular weight excluding hydrogens is 388 g/mol. The van der Waals surface area contributed by atoms with Crippen LogP contribution in [0.4, 0.5) is 5.82 Å². The van der Waals surface area contributed by atoms with Gasteiger partial charge in [0.05, 0.1) is 42.6 Å². The average molecular weight is 417 g/mol. The number of rotatable bonds is 8. The van der Waals surface area contributed by atoms with Crippen LogP contribution in [-0.2, 0) is 6.54 Å². The molecule has 0 aliphatic rings. The molecule has 0 aliphatic carbocycles. The van der Waals surface area contributed by atoms with Gasteiger partial charge in [-0.25, -0.2) is 9.97 Å². The number of hydrogen-bond donors (Lipinski definition) is 3. The molecule has 2 aromatic heterocycles. The second-order valence-corrected chi connectivity index (χ2v) is 7.39. The third-order valence-corrected chi connectivity index (χ3v) is 5.43. The van der Waals surface area contributed by atoms with Crippen molar-refractivity contribution in [3.63, 3.8) is 0 Å². The minimum absolute atomic E-state index is 0.0000828. The fourth-order valence-corrected chi connectivity index (χ4v) is 3.85. The molecule has 4 aromatic rings. The Morgan fingerprint density at radius 1 is 0.871 bits per heavy atom. The van der Waals surface area contributed by atoms with E-state index in [0.717, 1.165) is 45.6 Å². The highest BCUT2D eigenvalue weighted by atomic mass is 16.3. The summed E-state index contributed by atoms with van der Waals surface area (Å²) in [5.74, 6) is 0.837. The summed E-state index contributed by atoms with van der Waals surface area (Å²) in [5, 5.41) is 20.0. The molecular formula is C25H28N4O2+2. The molecule has 0 unspecified atom stereocenters. The molecule has 4 rings (SSSR count). The lowest BCUT2D eigenvalue weighted by Gasteiger charge is -2.17. The molecule has 0 bridgehead atoms. The van der Waals surface area contributed by atoms with Crippen LogP contribution >= 0.6 is 0 Å². The number of anilines is 1. The Labute approximate surface area is 181 Å². The Morgan fingerprint density at radius 3 is 2.23 bits per heavy atom. The van der Waals surface area contributed by atoms with Crippen LogP contribution in [0.3, 0.4) is 0 Å². The summed E-state index contributed by atoms with van der Waals surface area (Å²) in [4.78, 5) is 10.3. The van der Waals surface area contributed by atoms with Crippen LogP contribution in [0.2, 0.25) is 0 Å². The van der Waals surface area contributed by atoms with Crippen molar-refractivity contribution in [2.45, 2.75) is 6.54 Å². The predicted molar refractivity (Wildman–Crippen MR) is 122 cm³/mol. The van der Waals surface area contributed by atoms with E-state index < -0.39 is 0 Å². The number of pyridine rings is 2. The van der Waals surface area contributed by atoms with Crippen molar-refractivity contribution in [3.05, 3.63) is 78.5 Å². The molecule has 2 heterocycles. The fourth-order valence-electron chi connectivity index (χ4n) is 3.85. The maximum absolute atomic E-state index is 9.51. The molecule has 31 heavy (non-hydrogen) atoms. The van der Waals surface area contributed by atoms with E-state index in [0.29, 0.717) is 13.1 Å². The van der Waals surface area contributed by atoms with Gasteiger partial charge in [-0.1, -0.05) is 54.6 Å². The molecule has 158 valence electrons. The van der Waals surface area contributed by atoms with Crippen LogP contribution in [0, 0.1) is 0 Å². The number of aliphatic hydroxyl groups is 2. The van der Waals surface area contributed by atoms with Crippen molar-refractivity contribution < 1.29 is 20.9 Å². The van der Waals surface area contributed by atoms with Gasteiger partial charge in [-0.15, -0.1) is 0 Å². The number of benzene rings is 2. The number of H-pyrrole nitrogens is 1. The number of aliphatic hydroxyl groups excluding tert-OH is 2. The molecule has 0 radical (unpaired) electrons. The summed E-state index contributed by atoms with van der Waals surface area (Å²) in [6.07, 6.45) is 1.85. The van der Waals surface area contributed by atoms with E-state index in [9.17, 15) is 10.2 Å². The smallest absolute Gasteiger partial charge is 0.284 e. The average Bonchev–Trinajstić information content (AvgIpc) is 2.83. The summed E-state index contributed by atoms with van der Waals surface area (Å²) < 4.78 is 0. The van der Waals surface area contributed by atoms with E-state index in [-0.39, 0.29) is 13.2 Å². The zero-order chi connectivity index (χ0) is 21.6. The van der Waals surface area contributed by atoms with Crippen molar-refractivity contribution >= 4 is 16.7 Å². The molecule has 0 saturated heterocycles. The summed E-state index contributed by atoms with van der Waals surface area (Å²) in [7, 11) is 0. The summed E-state index contributed by atoms with van der Waals surface area (Å²) in [5.41, 5.74) is 10.1. The maximum Gasteiger partial charge on any atom is 0.284 e. The zero-order valence-electron chi connectivity index (χ0n) is 17.5. The first-order chi connectivity index (χ1) is 15.2. The first-order valence-corrected chi connectivity index (χ1v) is 10.5. The minimum Gasteiger partial charge on any atom is -0.392 e. The molecule has 6 N–H and O–H groups in total. The number of nitrogens with one attached hydrogen (secondary N) is 1. The number of nitrogens with zero attached hydrogens (tertiary/aromatic N) is 2. The highest BCUT2D eigenvalue weighted by Gasteiger charge is 2.21. The third-order valence-electron chi connectivity index (χ3n) is 5.43. The highest BCUT2D eigenvalue weighted by molar-refractivity contribution is 5.96. The van der Waals surface area contributed by atoms with Gasteiger partial charge >= 0.3 is 0 Å². The standard InChI is InChI=1S/C25H26N4O2/c26-17-18-6-8-20(9-7-18)24-21(19-4-2-1-3-5-19)16-22-23(28-24)10-11-27-25(22)29(12-14-30)13-15-31/h1-11,16,30-31H,12-15,17,26H2/p+2. The normalized spacial score (nSPS) is 11.1. The Kier molecular flexibility index (Phi) is 6.52. The lowest BCUT2D eigenvalue weighted by Crippen LogP contribution is -2.47. The Balaban J connectivity index is 1.95. The molecule has 0 amide bonds. The SMILES string of the molecule is [NH3+]Cc1ccc(-c2nc3cc[nH+]c(N(CCO)CCO)c3cc2-c2ccccc2)cc1. The molecule has 0 atom stereocenters. The molecule has 0 spiro atoms. The van der Waals surface area contributed by atoms with E-state index in [1.807, 2.05) is 35.4 Å². The van der Waals surface area contributed by atoms with Gasteiger partial charge in [-0.3, -0.25) is 4.90 Å². The second-order valence-electron chi connectivity index (χ2n) is 7.39. The van der Waals surface area contributed by atoms with Crippen molar-refractivity contribution in [1.82, 2.24) is 4.98 Å². The Morgan fingerprint density at radius 2 is 1.58 bits per heavy atom. The van der Waals surface area contributed by atoms with Gasteiger partial charge in [0.15, 0.2) is 0 Å². The molecule has 0 fully saturated rings. The van der Waals surface area contributed by atoms with Crippen molar-refractivity contribution in [2.75, 3.05) is 31.2 Å². The minimum atomic E-state index is -0.0000828. The van der Waals surface area contributed by atoms with Gasteiger partial charge in [0.2, 0.25) is 0 Å². The largest absolute Gasteiger partial charge is 0.392 e. The van der Waals surface area contributed by atoms with Gasteiger partial charge in [0, 0.05) is 22.8 Å². The Hall–Kier alpha value is -3.32. The van der Waals surface area contributed by atoms with Gasteiger partial charge in [0.1, 0.15) is 13.1 Å². The number of hydrogen-bond acceptors (Lipinski definition) is 4. The summed E-state index contributed by atoms with van der Waals surface area (Å²) in [6.45, 7) is 1.60. The van der Waals surface area contributed by atoms with E-state index in [2.05, 4.69) is 53.2 Å².